The number of halogens is 1. The van der Waals surface area contributed by atoms with Crippen molar-refractivity contribution in [3.05, 3.63) is 28.8 Å². The second kappa shape index (κ2) is 4.86. The molecule has 3 nitrogen and oxygen atoms in total. The molecule has 1 amide bonds. The first-order chi connectivity index (χ1) is 6.59. The molecule has 0 fully saturated rings. The molecule has 0 unspecified atom stereocenters. The van der Waals surface area contributed by atoms with Gasteiger partial charge in [0.2, 0.25) is 5.91 Å². The summed E-state index contributed by atoms with van der Waals surface area (Å²) < 4.78 is 0. The van der Waals surface area contributed by atoms with Crippen LogP contribution in [0.4, 0.5) is 0 Å². The van der Waals surface area contributed by atoms with Crippen molar-refractivity contribution in [2.24, 2.45) is 0 Å². The zero-order valence-corrected chi connectivity index (χ0v) is 8.64. The van der Waals surface area contributed by atoms with Crippen molar-refractivity contribution in [3.8, 4) is 5.75 Å². The van der Waals surface area contributed by atoms with E-state index in [1.807, 2.05) is 0 Å². The number of nitrogens with one attached hydrogen (secondary N) is 1. The molecule has 1 aromatic rings. The van der Waals surface area contributed by atoms with Crippen molar-refractivity contribution in [3.63, 3.8) is 0 Å². The fraction of sp³-hybridized carbons (Fsp3) is 0.300. The third-order valence-electron chi connectivity index (χ3n) is 1.82. The maximum absolute atomic E-state index is 10.6. The van der Waals surface area contributed by atoms with Crippen LogP contribution in [0.25, 0.3) is 0 Å². The van der Waals surface area contributed by atoms with Crippen LogP contribution in [0.5, 0.6) is 5.75 Å². The number of carbonyl (C=O) groups is 1. The van der Waals surface area contributed by atoms with Gasteiger partial charge in [-0.05, 0) is 24.1 Å². The molecule has 14 heavy (non-hydrogen) atoms. The van der Waals surface area contributed by atoms with Crippen LogP contribution < -0.4 is 5.32 Å². The van der Waals surface area contributed by atoms with E-state index in [9.17, 15) is 9.90 Å². The highest BCUT2D eigenvalue weighted by molar-refractivity contribution is 6.30. The Hall–Kier alpha value is -1.22. The minimum atomic E-state index is -0.0709. The minimum Gasteiger partial charge on any atom is -0.508 e. The molecule has 76 valence electrons. The van der Waals surface area contributed by atoms with E-state index in [1.165, 1.54) is 13.0 Å². The van der Waals surface area contributed by atoms with Crippen LogP contribution in [0.15, 0.2) is 18.2 Å². The summed E-state index contributed by atoms with van der Waals surface area (Å²) in [4.78, 5) is 10.6. The number of benzene rings is 1. The number of rotatable bonds is 3. The van der Waals surface area contributed by atoms with E-state index in [2.05, 4.69) is 5.32 Å². The predicted molar refractivity (Wildman–Crippen MR) is 55.5 cm³/mol. The lowest BCUT2D eigenvalue weighted by molar-refractivity contribution is -0.118. The zero-order chi connectivity index (χ0) is 10.6. The molecule has 0 radical (unpaired) electrons. The Morgan fingerprint density at radius 2 is 2.29 bits per heavy atom. The van der Waals surface area contributed by atoms with Crippen LogP contribution >= 0.6 is 11.6 Å². The molecule has 0 saturated carbocycles. The topological polar surface area (TPSA) is 49.3 Å². The highest BCUT2D eigenvalue weighted by atomic mass is 35.5. The Morgan fingerprint density at radius 3 is 2.86 bits per heavy atom. The number of phenols is 1. The van der Waals surface area contributed by atoms with Crippen molar-refractivity contribution in [1.82, 2.24) is 5.32 Å². The largest absolute Gasteiger partial charge is 0.508 e. The van der Waals surface area contributed by atoms with Crippen molar-refractivity contribution in [1.29, 1.82) is 0 Å². The number of phenolic OH excluding ortho intramolecular Hbond substituents is 1. The SMILES string of the molecule is CC(=O)NCCc1ccc(Cl)cc1O. The smallest absolute Gasteiger partial charge is 0.216 e. The van der Waals surface area contributed by atoms with Gasteiger partial charge in [0.1, 0.15) is 5.75 Å². The highest BCUT2D eigenvalue weighted by Crippen LogP contribution is 2.21. The van der Waals surface area contributed by atoms with Gasteiger partial charge in [0.25, 0.3) is 0 Å². The Kier molecular flexibility index (Phi) is 3.77. The summed E-state index contributed by atoms with van der Waals surface area (Å²) in [6.07, 6.45) is 0.600. The fourth-order valence-electron chi connectivity index (χ4n) is 1.12. The van der Waals surface area contributed by atoms with Gasteiger partial charge in [-0.1, -0.05) is 17.7 Å². The van der Waals surface area contributed by atoms with E-state index in [0.717, 1.165) is 5.56 Å². The van der Waals surface area contributed by atoms with Crippen LogP contribution in [0.3, 0.4) is 0 Å². The Morgan fingerprint density at radius 1 is 1.57 bits per heavy atom. The molecule has 0 bridgehead atoms. The Balaban J connectivity index is 2.55. The summed E-state index contributed by atoms with van der Waals surface area (Å²) in [6, 6.07) is 4.95. The maximum Gasteiger partial charge on any atom is 0.216 e. The fourth-order valence-corrected chi connectivity index (χ4v) is 1.29. The highest BCUT2D eigenvalue weighted by Gasteiger charge is 2.01. The summed E-state index contributed by atoms with van der Waals surface area (Å²) >= 11 is 5.67. The molecular weight excluding hydrogens is 202 g/mol. The van der Waals surface area contributed by atoms with Gasteiger partial charge in [-0.15, -0.1) is 0 Å². The van der Waals surface area contributed by atoms with E-state index in [4.69, 9.17) is 11.6 Å². The number of amides is 1. The van der Waals surface area contributed by atoms with Crippen LogP contribution in [0.1, 0.15) is 12.5 Å². The van der Waals surface area contributed by atoms with Gasteiger partial charge in [-0.3, -0.25) is 4.79 Å². The minimum absolute atomic E-state index is 0.0709. The molecule has 2 N–H and O–H groups in total. The third-order valence-corrected chi connectivity index (χ3v) is 2.05. The normalized spacial score (nSPS) is 9.86. The molecule has 0 aliphatic heterocycles. The molecule has 1 rings (SSSR count). The average molecular weight is 214 g/mol. The van der Waals surface area contributed by atoms with Crippen LogP contribution in [-0.4, -0.2) is 17.6 Å². The van der Waals surface area contributed by atoms with E-state index >= 15 is 0 Å². The van der Waals surface area contributed by atoms with E-state index in [1.54, 1.807) is 12.1 Å². The van der Waals surface area contributed by atoms with Gasteiger partial charge >= 0.3 is 0 Å². The summed E-state index contributed by atoms with van der Waals surface area (Å²) in [5, 5.41) is 12.6. The molecule has 0 aliphatic rings. The summed E-state index contributed by atoms with van der Waals surface area (Å²) in [5.74, 6) is 0.0984. The quantitative estimate of drug-likeness (QED) is 0.804. The monoisotopic (exact) mass is 213 g/mol. The average Bonchev–Trinajstić information content (AvgIpc) is 2.08. The lowest BCUT2D eigenvalue weighted by Gasteiger charge is -2.05. The van der Waals surface area contributed by atoms with Crippen LogP contribution in [0.2, 0.25) is 5.02 Å². The van der Waals surface area contributed by atoms with Crippen molar-refractivity contribution < 1.29 is 9.90 Å². The summed E-state index contributed by atoms with van der Waals surface area (Å²) in [7, 11) is 0. The second-order valence-electron chi connectivity index (χ2n) is 3.01. The first-order valence-corrected chi connectivity index (χ1v) is 4.69. The molecule has 0 aromatic heterocycles. The molecule has 4 heteroatoms. The van der Waals surface area contributed by atoms with Gasteiger partial charge in [-0.2, -0.15) is 0 Å². The Labute approximate surface area is 87.7 Å². The molecule has 1 aromatic carbocycles. The number of hydrogen-bond donors (Lipinski definition) is 2. The van der Waals surface area contributed by atoms with Gasteiger partial charge in [0.05, 0.1) is 0 Å². The van der Waals surface area contributed by atoms with Crippen molar-refractivity contribution >= 4 is 17.5 Å². The molecule has 0 spiro atoms. The van der Waals surface area contributed by atoms with E-state index in [0.29, 0.717) is 18.0 Å². The Bertz CT molecular complexity index is 339. The van der Waals surface area contributed by atoms with E-state index < -0.39 is 0 Å². The molecular formula is C10H12ClNO2. The molecule has 0 atom stereocenters. The van der Waals surface area contributed by atoms with Crippen LogP contribution in [0, 0.1) is 0 Å². The third kappa shape index (κ3) is 3.26. The standard InChI is InChI=1S/C10H12ClNO2/c1-7(13)12-5-4-8-2-3-9(11)6-10(8)14/h2-3,6,14H,4-5H2,1H3,(H,12,13). The first-order valence-electron chi connectivity index (χ1n) is 4.31. The number of hydrogen-bond acceptors (Lipinski definition) is 2. The second-order valence-corrected chi connectivity index (χ2v) is 3.44. The van der Waals surface area contributed by atoms with Crippen molar-refractivity contribution in [2.45, 2.75) is 13.3 Å². The maximum atomic E-state index is 10.6. The summed E-state index contributed by atoms with van der Waals surface area (Å²) in [5.41, 5.74) is 0.781. The van der Waals surface area contributed by atoms with Gasteiger partial charge < -0.3 is 10.4 Å². The van der Waals surface area contributed by atoms with Gasteiger partial charge in [0.15, 0.2) is 0 Å². The zero-order valence-electron chi connectivity index (χ0n) is 7.88. The van der Waals surface area contributed by atoms with Crippen LogP contribution in [-0.2, 0) is 11.2 Å². The molecule has 0 aliphatic carbocycles. The lowest BCUT2D eigenvalue weighted by Crippen LogP contribution is -2.22. The molecule has 0 saturated heterocycles. The van der Waals surface area contributed by atoms with E-state index in [-0.39, 0.29) is 11.7 Å². The number of carbonyl (C=O) groups excluding carboxylic acids is 1. The molecule has 0 heterocycles. The van der Waals surface area contributed by atoms with Gasteiger partial charge in [-0.25, -0.2) is 0 Å². The lowest BCUT2D eigenvalue weighted by atomic mass is 10.1. The van der Waals surface area contributed by atoms with Gasteiger partial charge in [0, 0.05) is 18.5 Å². The number of aromatic hydroxyl groups is 1. The predicted octanol–water partition coefficient (Wildman–Crippen LogP) is 1.72. The first kappa shape index (κ1) is 10.9. The van der Waals surface area contributed by atoms with Crippen molar-refractivity contribution in [2.75, 3.05) is 6.54 Å². The summed E-state index contributed by atoms with van der Waals surface area (Å²) in [6.45, 7) is 1.98.